The van der Waals surface area contributed by atoms with Gasteiger partial charge in [-0.1, -0.05) is 11.3 Å². The first kappa shape index (κ1) is 17.7. The van der Waals surface area contributed by atoms with Crippen molar-refractivity contribution in [2.24, 2.45) is 0 Å². The third-order valence-corrected chi connectivity index (χ3v) is 5.51. The van der Waals surface area contributed by atoms with E-state index in [-0.39, 0.29) is 18.0 Å². The molecule has 0 fully saturated rings. The molecular weight excluding hydrogens is 394 g/mol. The molecule has 0 atom stereocenters. The van der Waals surface area contributed by atoms with Crippen molar-refractivity contribution in [2.75, 3.05) is 18.5 Å². The minimum Gasteiger partial charge on any atom is -0.486 e. The molecule has 0 radical (unpaired) electrons. The number of aryl methyl sites for hydroxylation is 2. The molecule has 5 rings (SSSR count). The van der Waals surface area contributed by atoms with Crippen molar-refractivity contribution in [3.63, 3.8) is 0 Å². The highest BCUT2D eigenvalue weighted by molar-refractivity contribution is 7.16. The Labute approximate surface area is 168 Å². The van der Waals surface area contributed by atoms with E-state index in [1.54, 1.807) is 22.8 Å². The van der Waals surface area contributed by atoms with Gasteiger partial charge in [-0.2, -0.15) is 9.61 Å². The number of anilines is 1. The van der Waals surface area contributed by atoms with Gasteiger partial charge in [-0.25, -0.2) is 4.98 Å². The van der Waals surface area contributed by atoms with Crippen LogP contribution in [0.25, 0.3) is 16.0 Å². The zero-order chi connectivity index (χ0) is 20.1. The second-order valence-electron chi connectivity index (χ2n) is 6.74. The van der Waals surface area contributed by atoms with E-state index in [1.807, 2.05) is 19.9 Å². The third-order valence-electron chi connectivity index (χ3n) is 4.68. The summed E-state index contributed by atoms with van der Waals surface area (Å²) in [5.74, 6) is 0.991. The fraction of sp³-hybridized carbons (Fsp3) is 0.263. The molecule has 4 aromatic rings. The fourth-order valence-electron chi connectivity index (χ4n) is 3.42. The highest BCUT2D eigenvalue weighted by Crippen LogP contribution is 2.32. The quantitative estimate of drug-likeness (QED) is 0.554. The predicted octanol–water partition coefficient (Wildman–Crippen LogP) is 2.13. The van der Waals surface area contributed by atoms with E-state index < -0.39 is 0 Å². The van der Waals surface area contributed by atoms with E-state index in [0.717, 1.165) is 10.7 Å². The number of hydrogen-bond donors (Lipinski definition) is 1. The van der Waals surface area contributed by atoms with Crippen molar-refractivity contribution >= 4 is 38.9 Å². The van der Waals surface area contributed by atoms with Gasteiger partial charge in [0.05, 0.1) is 5.52 Å². The van der Waals surface area contributed by atoms with Crippen molar-refractivity contribution < 1.29 is 14.3 Å². The lowest BCUT2D eigenvalue weighted by molar-refractivity contribution is -0.116. The summed E-state index contributed by atoms with van der Waals surface area (Å²) >= 11 is 1.35. The minimum absolute atomic E-state index is 0.0180. The average Bonchev–Trinajstić information content (AvgIpc) is 3.21. The smallest absolute Gasteiger partial charge is 0.299 e. The molecule has 0 bridgehead atoms. The molecular formula is C19H17N5O4S. The maximum Gasteiger partial charge on any atom is 0.299 e. The van der Waals surface area contributed by atoms with Crippen LogP contribution in [0, 0.1) is 13.8 Å². The maximum absolute atomic E-state index is 12.9. The van der Waals surface area contributed by atoms with Gasteiger partial charge in [0.2, 0.25) is 10.9 Å². The number of carbonyl (C=O) groups excluding carboxylic acids is 1. The number of nitrogens with zero attached hydrogens (tertiary/aromatic N) is 4. The minimum atomic E-state index is -0.283. The SMILES string of the molecule is Cc1nn2c(=O)c3c(cc(C)n3CC(=O)Nc3ccc4c(c3)OCCO4)nc2s1. The lowest BCUT2D eigenvalue weighted by Crippen LogP contribution is -2.24. The molecule has 10 heteroatoms. The van der Waals surface area contributed by atoms with Crippen molar-refractivity contribution in [2.45, 2.75) is 20.4 Å². The highest BCUT2D eigenvalue weighted by atomic mass is 32.1. The van der Waals surface area contributed by atoms with Gasteiger partial charge in [-0.05, 0) is 32.0 Å². The number of amides is 1. The Morgan fingerprint density at radius 2 is 2.00 bits per heavy atom. The molecule has 29 heavy (non-hydrogen) atoms. The Hall–Kier alpha value is -3.40. The molecule has 0 unspecified atom stereocenters. The molecule has 1 aliphatic rings. The Kier molecular flexibility index (Phi) is 4.02. The number of nitrogens with one attached hydrogen (secondary N) is 1. The van der Waals surface area contributed by atoms with Crippen LogP contribution in [-0.2, 0) is 11.3 Å². The molecule has 1 aliphatic heterocycles. The average molecular weight is 411 g/mol. The van der Waals surface area contributed by atoms with E-state index in [9.17, 15) is 9.59 Å². The van der Waals surface area contributed by atoms with E-state index in [0.29, 0.717) is 46.4 Å². The van der Waals surface area contributed by atoms with Crippen LogP contribution in [0.1, 0.15) is 10.7 Å². The molecule has 1 N–H and O–H groups in total. The number of benzene rings is 1. The molecule has 0 saturated heterocycles. The number of rotatable bonds is 3. The van der Waals surface area contributed by atoms with Crippen molar-refractivity contribution in [3.05, 3.63) is 45.3 Å². The second kappa shape index (κ2) is 6.59. The van der Waals surface area contributed by atoms with Crippen molar-refractivity contribution in [1.29, 1.82) is 0 Å². The summed E-state index contributed by atoms with van der Waals surface area (Å²) in [6.45, 7) is 4.63. The Bertz CT molecular complexity index is 1340. The van der Waals surface area contributed by atoms with Crippen LogP contribution < -0.4 is 20.3 Å². The van der Waals surface area contributed by atoms with E-state index in [1.165, 1.54) is 15.9 Å². The molecule has 0 spiro atoms. The van der Waals surface area contributed by atoms with Crippen LogP contribution in [0.5, 0.6) is 11.5 Å². The monoisotopic (exact) mass is 411 g/mol. The molecule has 0 saturated carbocycles. The largest absolute Gasteiger partial charge is 0.486 e. The number of hydrogen-bond acceptors (Lipinski definition) is 7. The summed E-state index contributed by atoms with van der Waals surface area (Å²) in [4.78, 5) is 30.7. The normalized spacial score (nSPS) is 13.2. The number of carbonyl (C=O) groups is 1. The summed E-state index contributed by atoms with van der Waals surface area (Å²) < 4.78 is 14.0. The number of aromatic nitrogens is 4. The van der Waals surface area contributed by atoms with Gasteiger partial charge in [-0.15, -0.1) is 0 Å². The van der Waals surface area contributed by atoms with Crippen LogP contribution in [-0.4, -0.2) is 38.3 Å². The summed E-state index contributed by atoms with van der Waals surface area (Å²) in [5, 5.41) is 7.82. The first-order chi connectivity index (χ1) is 14.0. The van der Waals surface area contributed by atoms with Crippen LogP contribution >= 0.6 is 11.3 Å². The first-order valence-electron chi connectivity index (χ1n) is 9.05. The lowest BCUT2D eigenvalue weighted by Gasteiger charge is -2.19. The number of ether oxygens (including phenoxy) is 2. The topological polar surface area (TPSA) is 99.8 Å². The van der Waals surface area contributed by atoms with E-state index in [2.05, 4.69) is 15.4 Å². The van der Waals surface area contributed by atoms with Crippen LogP contribution in [0.15, 0.2) is 29.1 Å². The van der Waals surface area contributed by atoms with Gasteiger partial charge in [0.25, 0.3) is 5.56 Å². The van der Waals surface area contributed by atoms with E-state index in [4.69, 9.17) is 9.47 Å². The molecule has 148 valence electrons. The van der Waals surface area contributed by atoms with Gasteiger partial charge < -0.3 is 19.4 Å². The predicted molar refractivity (Wildman–Crippen MR) is 108 cm³/mol. The fourth-order valence-corrected chi connectivity index (χ4v) is 4.16. The zero-order valence-electron chi connectivity index (χ0n) is 15.8. The van der Waals surface area contributed by atoms with Crippen LogP contribution in [0.3, 0.4) is 0 Å². The molecule has 1 aromatic carbocycles. The standard InChI is InChI=1S/C19H17N5O4S/c1-10-7-13-17(18(26)24-19(21-13)29-11(2)22-24)23(10)9-16(25)20-12-3-4-14-15(8-12)28-6-5-27-14/h3-4,7-8H,5-6,9H2,1-2H3,(H,20,25). The second-order valence-corrected chi connectivity index (χ2v) is 7.90. The maximum atomic E-state index is 12.9. The molecule has 1 amide bonds. The summed E-state index contributed by atoms with van der Waals surface area (Å²) in [6, 6.07) is 7.05. The van der Waals surface area contributed by atoms with E-state index >= 15 is 0 Å². The Morgan fingerprint density at radius 3 is 2.83 bits per heavy atom. The summed E-state index contributed by atoms with van der Waals surface area (Å²) in [5.41, 5.74) is 2.01. The Morgan fingerprint density at radius 1 is 1.21 bits per heavy atom. The lowest BCUT2D eigenvalue weighted by atomic mass is 10.2. The van der Waals surface area contributed by atoms with Crippen molar-refractivity contribution in [3.8, 4) is 11.5 Å². The number of fused-ring (bicyclic) bond motifs is 3. The van der Waals surface area contributed by atoms with Gasteiger partial charge in [0.1, 0.15) is 30.3 Å². The van der Waals surface area contributed by atoms with Crippen LogP contribution in [0.4, 0.5) is 5.69 Å². The van der Waals surface area contributed by atoms with Gasteiger partial charge in [0, 0.05) is 17.4 Å². The zero-order valence-corrected chi connectivity index (χ0v) is 16.6. The third kappa shape index (κ3) is 3.01. The molecule has 0 aliphatic carbocycles. The Balaban J connectivity index is 1.46. The summed E-state index contributed by atoms with van der Waals surface area (Å²) in [6.07, 6.45) is 0. The first-order valence-corrected chi connectivity index (χ1v) is 9.87. The highest BCUT2D eigenvalue weighted by Gasteiger charge is 2.18. The molecule has 3 aromatic heterocycles. The molecule has 9 nitrogen and oxygen atoms in total. The molecule has 4 heterocycles. The summed E-state index contributed by atoms with van der Waals surface area (Å²) in [7, 11) is 0. The van der Waals surface area contributed by atoms with Gasteiger partial charge >= 0.3 is 0 Å². The van der Waals surface area contributed by atoms with Gasteiger partial charge in [-0.3, -0.25) is 9.59 Å². The van der Waals surface area contributed by atoms with Crippen LogP contribution in [0.2, 0.25) is 0 Å². The van der Waals surface area contributed by atoms with Crippen molar-refractivity contribution in [1.82, 2.24) is 19.2 Å². The van der Waals surface area contributed by atoms with Gasteiger partial charge in [0.15, 0.2) is 11.5 Å².